The molecule has 204 valence electrons. The molecule has 0 saturated carbocycles. The van der Waals surface area contributed by atoms with Gasteiger partial charge < -0.3 is 10.2 Å². The van der Waals surface area contributed by atoms with Crippen molar-refractivity contribution < 1.29 is 18.0 Å². The van der Waals surface area contributed by atoms with Crippen molar-refractivity contribution in [2.24, 2.45) is 5.92 Å². The first-order chi connectivity index (χ1) is 17.9. The number of carbonyl (C=O) groups excluding carboxylic acids is 2. The van der Waals surface area contributed by atoms with Crippen LogP contribution in [0.1, 0.15) is 32.8 Å². The fourth-order valence-electron chi connectivity index (χ4n) is 4.22. The van der Waals surface area contributed by atoms with Crippen LogP contribution in [0.15, 0.2) is 60.7 Å². The molecule has 10 heteroatoms. The molecular weight excluding hydrogens is 545 g/mol. The Kier molecular flexibility index (Phi) is 10.0. The van der Waals surface area contributed by atoms with Crippen LogP contribution in [0.25, 0.3) is 10.8 Å². The molecular formula is C28H33Cl2N3O4S. The molecule has 2 amide bonds. The van der Waals surface area contributed by atoms with Gasteiger partial charge in [-0.1, -0.05) is 86.4 Å². The van der Waals surface area contributed by atoms with Crippen molar-refractivity contribution in [3.63, 3.8) is 0 Å². The zero-order valence-electron chi connectivity index (χ0n) is 21.9. The largest absolute Gasteiger partial charge is 0.354 e. The van der Waals surface area contributed by atoms with E-state index in [1.54, 1.807) is 37.3 Å². The molecule has 3 aromatic rings. The normalized spacial score (nSPS) is 12.4. The van der Waals surface area contributed by atoms with Gasteiger partial charge in [0, 0.05) is 34.1 Å². The van der Waals surface area contributed by atoms with Gasteiger partial charge in [-0.25, -0.2) is 8.42 Å². The van der Waals surface area contributed by atoms with E-state index in [1.165, 1.54) is 4.90 Å². The smallest absolute Gasteiger partial charge is 0.244 e. The molecule has 38 heavy (non-hydrogen) atoms. The van der Waals surface area contributed by atoms with Gasteiger partial charge in [-0.2, -0.15) is 0 Å². The van der Waals surface area contributed by atoms with E-state index in [1.807, 2.05) is 44.2 Å². The number of anilines is 1. The zero-order chi connectivity index (χ0) is 28.0. The van der Waals surface area contributed by atoms with Crippen LogP contribution < -0.4 is 9.62 Å². The first-order valence-electron chi connectivity index (χ1n) is 12.4. The van der Waals surface area contributed by atoms with E-state index < -0.39 is 28.5 Å². The molecule has 3 rings (SSSR count). The molecule has 0 bridgehead atoms. The Morgan fingerprint density at radius 1 is 0.947 bits per heavy atom. The van der Waals surface area contributed by atoms with Gasteiger partial charge in [-0.3, -0.25) is 13.9 Å². The molecule has 3 aromatic carbocycles. The van der Waals surface area contributed by atoms with Crippen molar-refractivity contribution >= 4 is 61.5 Å². The summed E-state index contributed by atoms with van der Waals surface area (Å²) in [6, 6.07) is 16.8. The van der Waals surface area contributed by atoms with E-state index in [4.69, 9.17) is 23.2 Å². The predicted molar refractivity (Wildman–Crippen MR) is 155 cm³/mol. The Hall–Kier alpha value is -2.81. The lowest BCUT2D eigenvalue weighted by atomic mass is 10.1. The number of nitrogens with zero attached hydrogens (tertiary/aromatic N) is 2. The Labute approximate surface area is 234 Å². The number of halogens is 2. The minimum absolute atomic E-state index is 0.0575. The quantitative estimate of drug-likeness (QED) is 0.326. The summed E-state index contributed by atoms with van der Waals surface area (Å²) in [5, 5.41) is 5.12. The third kappa shape index (κ3) is 7.18. The van der Waals surface area contributed by atoms with Crippen LogP contribution in [0.3, 0.4) is 0 Å². The number of fused-ring (bicyclic) bond motifs is 1. The predicted octanol–water partition coefficient (Wildman–Crippen LogP) is 5.49. The highest BCUT2D eigenvalue weighted by Gasteiger charge is 2.33. The van der Waals surface area contributed by atoms with E-state index in [2.05, 4.69) is 5.32 Å². The maximum Gasteiger partial charge on any atom is 0.244 e. The summed E-state index contributed by atoms with van der Waals surface area (Å²) in [5.41, 5.74) is 0.863. The molecule has 0 unspecified atom stereocenters. The molecule has 0 aromatic heterocycles. The molecule has 0 aliphatic rings. The van der Waals surface area contributed by atoms with Gasteiger partial charge in [0.25, 0.3) is 0 Å². The molecule has 1 atom stereocenters. The fraction of sp³-hybridized carbons (Fsp3) is 0.357. The van der Waals surface area contributed by atoms with Crippen molar-refractivity contribution in [2.45, 2.75) is 39.8 Å². The zero-order valence-corrected chi connectivity index (χ0v) is 24.3. The lowest BCUT2D eigenvalue weighted by Crippen LogP contribution is -2.52. The molecule has 7 nitrogen and oxygen atoms in total. The van der Waals surface area contributed by atoms with Crippen LogP contribution >= 0.6 is 23.2 Å². The summed E-state index contributed by atoms with van der Waals surface area (Å²) in [6.45, 7) is 5.63. The standard InChI is InChI=1S/C28H33Cl2N3O4S/c1-5-25(28(35)31-16-19(2)3)32(17-22-23(29)13-9-14-24(22)30)27(34)18-33(38(4,36)37)26-15-8-11-20-10-6-7-12-21(20)26/h6-15,19,25H,5,16-18H2,1-4H3,(H,31,35)/t25-/m1/s1. The summed E-state index contributed by atoms with van der Waals surface area (Å²) in [7, 11) is -3.87. The Bertz CT molecular complexity index is 1390. The molecule has 0 heterocycles. The number of benzene rings is 3. The third-order valence-corrected chi connectivity index (χ3v) is 8.01. The number of hydrogen-bond donors (Lipinski definition) is 1. The Morgan fingerprint density at radius 2 is 1.55 bits per heavy atom. The minimum atomic E-state index is -3.87. The van der Waals surface area contributed by atoms with Crippen LogP contribution in [-0.4, -0.2) is 50.5 Å². The van der Waals surface area contributed by atoms with Crippen LogP contribution in [0.5, 0.6) is 0 Å². The molecule has 0 saturated heterocycles. The molecule has 0 spiro atoms. The minimum Gasteiger partial charge on any atom is -0.354 e. The number of nitrogens with one attached hydrogen (secondary N) is 1. The fourth-order valence-corrected chi connectivity index (χ4v) is 5.59. The van der Waals surface area contributed by atoms with E-state index >= 15 is 0 Å². The molecule has 1 N–H and O–H groups in total. The summed E-state index contributed by atoms with van der Waals surface area (Å²) in [4.78, 5) is 28.5. The average Bonchev–Trinajstić information content (AvgIpc) is 2.86. The van der Waals surface area contributed by atoms with E-state index in [-0.39, 0.29) is 18.4 Å². The second kappa shape index (κ2) is 12.8. The van der Waals surface area contributed by atoms with E-state index in [0.717, 1.165) is 15.9 Å². The summed E-state index contributed by atoms with van der Waals surface area (Å²) in [6.07, 6.45) is 1.37. The van der Waals surface area contributed by atoms with Crippen LogP contribution in [0, 0.1) is 5.92 Å². The number of sulfonamides is 1. The highest BCUT2D eigenvalue weighted by Crippen LogP contribution is 2.30. The van der Waals surface area contributed by atoms with E-state index in [0.29, 0.717) is 39.6 Å². The number of amides is 2. The van der Waals surface area contributed by atoms with Gasteiger partial charge in [0.05, 0.1) is 11.9 Å². The first-order valence-corrected chi connectivity index (χ1v) is 15.0. The molecule has 0 aliphatic carbocycles. The highest BCUT2D eigenvalue weighted by atomic mass is 35.5. The summed E-state index contributed by atoms with van der Waals surface area (Å²) < 4.78 is 27.1. The first kappa shape index (κ1) is 29.7. The van der Waals surface area contributed by atoms with Crippen molar-refractivity contribution in [2.75, 3.05) is 23.7 Å². The summed E-state index contributed by atoms with van der Waals surface area (Å²) >= 11 is 12.8. The lowest BCUT2D eigenvalue weighted by molar-refractivity contribution is -0.140. The maximum atomic E-state index is 13.9. The lowest BCUT2D eigenvalue weighted by Gasteiger charge is -2.33. The van der Waals surface area contributed by atoms with Gasteiger partial charge in [0.1, 0.15) is 12.6 Å². The monoisotopic (exact) mass is 577 g/mol. The average molecular weight is 579 g/mol. The molecule has 0 aliphatic heterocycles. The second-order valence-electron chi connectivity index (χ2n) is 9.55. The number of rotatable bonds is 11. The van der Waals surface area contributed by atoms with Crippen molar-refractivity contribution in [3.05, 3.63) is 76.3 Å². The van der Waals surface area contributed by atoms with Gasteiger partial charge in [0.15, 0.2) is 0 Å². The Balaban J connectivity index is 2.05. The Morgan fingerprint density at radius 3 is 2.16 bits per heavy atom. The summed E-state index contributed by atoms with van der Waals surface area (Å²) in [5.74, 6) is -0.662. The SMILES string of the molecule is CC[C@H](C(=O)NCC(C)C)N(Cc1c(Cl)cccc1Cl)C(=O)CN(c1cccc2ccccc12)S(C)(=O)=O. The van der Waals surface area contributed by atoms with Crippen molar-refractivity contribution in [3.8, 4) is 0 Å². The number of hydrogen-bond acceptors (Lipinski definition) is 4. The van der Waals surface area contributed by atoms with E-state index in [9.17, 15) is 18.0 Å². The number of carbonyl (C=O) groups is 2. The van der Waals surface area contributed by atoms with Crippen LogP contribution in [0.2, 0.25) is 10.0 Å². The van der Waals surface area contributed by atoms with Gasteiger partial charge in [-0.15, -0.1) is 0 Å². The van der Waals surface area contributed by atoms with Crippen LogP contribution in [-0.2, 0) is 26.2 Å². The van der Waals surface area contributed by atoms with Gasteiger partial charge in [-0.05, 0) is 35.9 Å². The second-order valence-corrected chi connectivity index (χ2v) is 12.3. The van der Waals surface area contributed by atoms with Crippen molar-refractivity contribution in [1.82, 2.24) is 10.2 Å². The van der Waals surface area contributed by atoms with Gasteiger partial charge >= 0.3 is 0 Å². The third-order valence-electron chi connectivity index (χ3n) is 6.18. The molecule has 0 radical (unpaired) electrons. The van der Waals surface area contributed by atoms with Crippen LogP contribution in [0.4, 0.5) is 5.69 Å². The molecule has 0 fully saturated rings. The van der Waals surface area contributed by atoms with Gasteiger partial charge in [0.2, 0.25) is 21.8 Å². The highest BCUT2D eigenvalue weighted by molar-refractivity contribution is 7.92. The topological polar surface area (TPSA) is 86.8 Å². The van der Waals surface area contributed by atoms with Crippen molar-refractivity contribution in [1.29, 1.82) is 0 Å². The maximum absolute atomic E-state index is 13.9.